The van der Waals surface area contributed by atoms with Crippen LogP contribution in [0, 0.1) is 0 Å². The van der Waals surface area contributed by atoms with Gasteiger partial charge in [0.1, 0.15) is 0 Å². The van der Waals surface area contributed by atoms with Crippen LogP contribution >= 0.6 is 0 Å². The molecule has 154 valence electrons. The number of fused-ring (bicyclic) bond motifs is 1. The summed E-state index contributed by atoms with van der Waals surface area (Å²) in [6, 6.07) is 8.33. The van der Waals surface area contributed by atoms with Gasteiger partial charge in [-0.25, -0.2) is 0 Å². The first-order valence-corrected chi connectivity index (χ1v) is 10.2. The number of aryl methyl sites for hydroxylation is 1. The number of nitrogens with one attached hydrogen (secondary N) is 2. The van der Waals surface area contributed by atoms with Gasteiger partial charge in [0.15, 0.2) is 11.5 Å². The van der Waals surface area contributed by atoms with Crippen LogP contribution in [0.5, 0.6) is 0 Å². The average Bonchev–Trinajstić information content (AvgIpc) is 3.25. The van der Waals surface area contributed by atoms with Crippen LogP contribution in [0.2, 0.25) is 0 Å². The number of nitrogens with two attached hydrogens (primary N) is 2. The van der Waals surface area contributed by atoms with Gasteiger partial charge in [0.2, 0.25) is 5.95 Å². The molecule has 0 saturated heterocycles. The fourth-order valence-electron chi connectivity index (χ4n) is 4.24. The SMILES string of the molecule is CCn1ccc2c(Nc3nc(N[C@@H]4CCCC[C@@H]4N)n(C)c3C(N)=O)cccc21. The summed E-state index contributed by atoms with van der Waals surface area (Å²) in [6.07, 6.45) is 6.33. The van der Waals surface area contributed by atoms with E-state index < -0.39 is 5.91 Å². The largest absolute Gasteiger partial charge is 0.364 e. The summed E-state index contributed by atoms with van der Waals surface area (Å²) in [7, 11) is 1.79. The van der Waals surface area contributed by atoms with Gasteiger partial charge in [0.25, 0.3) is 5.91 Å². The van der Waals surface area contributed by atoms with E-state index in [9.17, 15) is 4.79 Å². The van der Waals surface area contributed by atoms with Crippen LogP contribution in [0.15, 0.2) is 30.5 Å². The van der Waals surface area contributed by atoms with Crippen molar-refractivity contribution in [1.29, 1.82) is 0 Å². The number of rotatable bonds is 6. The van der Waals surface area contributed by atoms with Crippen LogP contribution in [0.4, 0.5) is 17.5 Å². The molecule has 4 rings (SSSR count). The van der Waals surface area contributed by atoms with Gasteiger partial charge in [-0.1, -0.05) is 18.9 Å². The third-order valence-corrected chi connectivity index (χ3v) is 5.87. The minimum atomic E-state index is -0.526. The molecule has 0 unspecified atom stereocenters. The Balaban J connectivity index is 1.69. The Labute approximate surface area is 170 Å². The Kier molecular flexibility index (Phi) is 5.19. The molecule has 0 radical (unpaired) electrons. The van der Waals surface area contributed by atoms with Crippen LogP contribution in [0.3, 0.4) is 0 Å². The zero-order valence-corrected chi connectivity index (χ0v) is 17.0. The molecular weight excluding hydrogens is 366 g/mol. The highest BCUT2D eigenvalue weighted by atomic mass is 16.1. The molecule has 1 saturated carbocycles. The van der Waals surface area contributed by atoms with Crippen molar-refractivity contribution in [1.82, 2.24) is 14.1 Å². The van der Waals surface area contributed by atoms with E-state index in [-0.39, 0.29) is 12.1 Å². The monoisotopic (exact) mass is 395 g/mol. The number of primary amides is 1. The standard InChI is InChI=1S/C21H29N7O/c1-3-28-12-11-13-15(9-6-10-17(13)28)24-20-18(19(23)29)27(2)21(26-20)25-16-8-5-4-7-14(16)22/h6,9-12,14,16,24H,3-5,7-8,22H2,1-2H3,(H2,23,29)(H,25,26)/t14-,16+/m0/s1. The van der Waals surface area contributed by atoms with Gasteiger partial charge in [0, 0.05) is 42.9 Å². The lowest BCUT2D eigenvalue weighted by atomic mass is 9.91. The molecule has 2 aromatic heterocycles. The van der Waals surface area contributed by atoms with Crippen LogP contribution in [0.1, 0.15) is 43.1 Å². The number of carbonyl (C=O) groups excluding carboxylic acids is 1. The number of hydrogen-bond donors (Lipinski definition) is 4. The summed E-state index contributed by atoms with van der Waals surface area (Å²) < 4.78 is 3.88. The molecule has 2 heterocycles. The Morgan fingerprint density at radius 2 is 2.07 bits per heavy atom. The number of benzene rings is 1. The van der Waals surface area contributed by atoms with Gasteiger partial charge in [-0.3, -0.25) is 4.79 Å². The van der Waals surface area contributed by atoms with Crippen molar-refractivity contribution < 1.29 is 4.79 Å². The molecule has 1 aromatic carbocycles. The first kappa shape index (κ1) is 19.3. The first-order chi connectivity index (χ1) is 14.0. The highest BCUT2D eigenvalue weighted by molar-refractivity contribution is 6.00. The maximum atomic E-state index is 12.2. The smallest absolute Gasteiger partial charge is 0.269 e. The number of amides is 1. The summed E-state index contributed by atoms with van der Waals surface area (Å²) >= 11 is 0. The number of nitrogens with zero attached hydrogens (tertiary/aromatic N) is 3. The van der Waals surface area contributed by atoms with Crippen molar-refractivity contribution in [2.45, 2.75) is 51.2 Å². The van der Waals surface area contributed by atoms with E-state index in [2.05, 4.69) is 45.4 Å². The predicted octanol–water partition coefficient (Wildman–Crippen LogP) is 2.92. The van der Waals surface area contributed by atoms with Gasteiger partial charge >= 0.3 is 0 Å². The van der Waals surface area contributed by atoms with E-state index in [1.54, 1.807) is 11.6 Å². The summed E-state index contributed by atoms with van der Waals surface area (Å²) in [5, 5.41) is 7.82. The highest BCUT2D eigenvalue weighted by Gasteiger charge is 2.26. The summed E-state index contributed by atoms with van der Waals surface area (Å²) in [6.45, 7) is 3.00. The van der Waals surface area contributed by atoms with Crippen molar-refractivity contribution in [3.63, 3.8) is 0 Å². The van der Waals surface area contributed by atoms with Crippen molar-refractivity contribution in [3.8, 4) is 0 Å². The topological polar surface area (TPSA) is 116 Å². The molecule has 1 amide bonds. The summed E-state index contributed by atoms with van der Waals surface area (Å²) in [5.41, 5.74) is 14.3. The third kappa shape index (κ3) is 3.55. The van der Waals surface area contributed by atoms with E-state index in [1.807, 2.05) is 12.1 Å². The third-order valence-electron chi connectivity index (χ3n) is 5.87. The second kappa shape index (κ2) is 7.79. The zero-order chi connectivity index (χ0) is 20.5. The molecule has 0 aliphatic heterocycles. The maximum Gasteiger partial charge on any atom is 0.269 e. The minimum absolute atomic E-state index is 0.0800. The van der Waals surface area contributed by atoms with Crippen LogP contribution < -0.4 is 22.1 Å². The quantitative estimate of drug-likeness (QED) is 0.512. The molecule has 8 nitrogen and oxygen atoms in total. The molecule has 0 bridgehead atoms. The lowest BCUT2D eigenvalue weighted by molar-refractivity contribution is 0.0993. The van der Waals surface area contributed by atoms with Crippen molar-refractivity contribution in [2.75, 3.05) is 10.6 Å². The molecule has 3 aromatic rings. The van der Waals surface area contributed by atoms with Gasteiger partial charge in [-0.05, 0) is 38.0 Å². The van der Waals surface area contributed by atoms with Gasteiger partial charge in [-0.2, -0.15) is 4.98 Å². The Morgan fingerprint density at radius 3 is 2.79 bits per heavy atom. The number of aromatic nitrogens is 3. The first-order valence-electron chi connectivity index (χ1n) is 10.2. The minimum Gasteiger partial charge on any atom is -0.364 e. The van der Waals surface area contributed by atoms with Crippen molar-refractivity contribution >= 4 is 34.3 Å². The molecule has 8 heteroatoms. The molecule has 1 aliphatic carbocycles. The van der Waals surface area contributed by atoms with E-state index in [4.69, 9.17) is 11.5 Å². The Bertz CT molecular complexity index is 1040. The normalized spacial score (nSPS) is 19.4. The van der Waals surface area contributed by atoms with Gasteiger partial charge in [0.05, 0.1) is 5.52 Å². The lowest BCUT2D eigenvalue weighted by Gasteiger charge is -2.29. The number of carbonyl (C=O) groups is 1. The summed E-state index contributed by atoms with van der Waals surface area (Å²) in [5.74, 6) is 0.521. The van der Waals surface area contributed by atoms with Crippen molar-refractivity contribution in [2.24, 2.45) is 18.5 Å². The van der Waals surface area contributed by atoms with E-state index in [0.717, 1.165) is 48.8 Å². The second-order valence-corrected chi connectivity index (χ2v) is 7.72. The molecular formula is C21H29N7O. The Morgan fingerprint density at radius 1 is 1.28 bits per heavy atom. The van der Waals surface area contributed by atoms with Crippen molar-refractivity contribution in [3.05, 3.63) is 36.2 Å². The van der Waals surface area contributed by atoms with Gasteiger partial charge < -0.3 is 31.2 Å². The zero-order valence-electron chi connectivity index (χ0n) is 17.0. The van der Waals surface area contributed by atoms with Crippen LogP contribution in [-0.4, -0.2) is 32.1 Å². The van der Waals surface area contributed by atoms with Crippen LogP contribution in [-0.2, 0) is 13.6 Å². The predicted molar refractivity (Wildman–Crippen MR) is 116 cm³/mol. The fourth-order valence-corrected chi connectivity index (χ4v) is 4.24. The Hall–Kier alpha value is -3.00. The van der Waals surface area contributed by atoms with E-state index in [1.165, 1.54) is 0 Å². The average molecular weight is 396 g/mol. The molecule has 29 heavy (non-hydrogen) atoms. The summed E-state index contributed by atoms with van der Waals surface area (Å²) in [4.78, 5) is 16.8. The molecule has 6 N–H and O–H groups in total. The van der Waals surface area contributed by atoms with E-state index >= 15 is 0 Å². The fraction of sp³-hybridized carbons (Fsp3) is 0.429. The second-order valence-electron chi connectivity index (χ2n) is 7.72. The highest BCUT2D eigenvalue weighted by Crippen LogP contribution is 2.30. The maximum absolute atomic E-state index is 12.2. The number of imidazole rings is 1. The lowest BCUT2D eigenvalue weighted by Crippen LogP contribution is -2.43. The van der Waals surface area contributed by atoms with Crippen LogP contribution in [0.25, 0.3) is 10.9 Å². The van der Waals surface area contributed by atoms with E-state index in [0.29, 0.717) is 17.5 Å². The van der Waals surface area contributed by atoms with Gasteiger partial charge in [-0.15, -0.1) is 0 Å². The number of hydrogen-bond acceptors (Lipinski definition) is 5. The molecule has 0 spiro atoms. The molecule has 1 aliphatic rings. The number of anilines is 3. The molecule has 2 atom stereocenters. The molecule has 1 fully saturated rings.